The molecule has 2 heterocycles. The van der Waals surface area contributed by atoms with E-state index in [0.29, 0.717) is 22.8 Å². The molecule has 0 spiro atoms. The number of rotatable bonds is 6. The van der Waals surface area contributed by atoms with Crippen LogP contribution in [0.2, 0.25) is 0 Å². The summed E-state index contributed by atoms with van der Waals surface area (Å²) in [6.45, 7) is 1.46. The molecule has 0 aliphatic carbocycles. The van der Waals surface area contributed by atoms with E-state index in [9.17, 15) is 9.59 Å². The quantitative estimate of drug-likeness (QED) is 0.405. The van der Waals surface area contributed by atoms with E-state index in [-0.39, 0.29) is 5.91 Å². The van der Waals surface area contributed by atoms with Crippen LogP contribution in [0.5, 0.6) is 0 Å². The zero-order valence-corrected chi connectivity index (χ0v) is 17.9. The summed E-state index contributed by atoms with van der Waals surface area (Å²) in [5, 5.41) is 9.14. The number of pyridine rings is 1. The Hall–Kier alpha value is -3.91. The first-order chi connectivity index (χ1) is 14.9. The summed E-state index contributed by atoms with van der Waals surface area (Å²) in [4.78, 5) is 29.5. The Balaban J connectivity index is 1.67. The highest BCUT2D eigenvalue weighted by Gasteiger charge is 2.17. The minimum Gasteiger partial charge on any atom is -0.365 e. The van der Waals surface area contributed by atoms with Gasteiger partial charge >= 0.3 is 0 Å². The maximum Gasteiger partial charge on any atom is 0.252 e. The predicted octanol–water partition coefficient (Wildman–Crippen LogP) is 4.87. The molecule has 156 valence electrons. The van der Waals surface area contributed by atoms with Crippen LogP contribution in [0.4, 0.5) is 28.6 Å². The van der Waals surface area contributed by atoms with Crippen molar-refractivity contribution in [3.05, 3.63) is 71.7 Å². The number of amides is 2. The monoisotopic (exact) mass is 431 g/mol. The fraction of sp³-hybridized carbons (Fsp3) is 0.0870. The Morgan fingerprint density at radius 2 is 1.77 bits per heavy atom. The van der Waals surface area contributed by atoms with E-state index in [1.165, 1.54) is 13.1 Å². The van der Waals surface area contributed by atoms with Crippen LogP contribution < -0.4 is 21.3 Å². The average molecular weight is 432 g/mol. The van der Waals surface area contributed by atoms with Gasteiger partial charge in [0.05, 0.1) is 21.6 Å². The van der Waals surface area contributed by atoms with Crippen LogP contribution in [0.15, 0.2) is 66.2 Å². The van der Waals surface area contributed by atoms with Crippen molar-refractivity contribution in [2.45, 2.75) is 6.92 Å². The smallest absolute Gasteiger partial charge is 0.252 e. The highest BCUT2D eigenvalue weighted by atomic mass is 32.1. The van der Waals surface area contributed by atoms with Gasteiger partial charge in [-0.3, -0.25) is 9.59 Å². The van der Waals surface area contributed by atoms with Crippen LogP contribution in [0.25, 0.3) is 10.1 Å². The number of hydrogen-bond acceptors (Lipinski definition) is 6. The second kappa shape index (κ2) is 8.45. The summed E-state index contributed by atoms with van der Waals surface area (Å²) in [5.41, 5.74) is 9.09. The van der Waals surface area contributed by atoms with E-state index < -0.39 is 5.91 Å². The van der Waals surface area contributed by atoms with Crippen LogP contribution in [0, 0.1) is 0 Å². The number of fused-ring (bicyclic) bond motifs is 1. The largest absolute Gasteiger partial charge is 0.365 e. The Morgan fingerprint density at radius 1 is 1.03 bits per heavy atom. The maximum atomic E-state index is 12.1. The zero-order valence-electron chi connectivity index (χ0n) is 17.0. The Labute approximate surface area is 183 Å². The fourth-order valence-electron chi connectivity index (χ4n) is 3.34. The van der Waals surface area contributed by atoms with Gasteiger partial charge in [0.2, 0.25) is 5.91 Å². The van der Waals surface area contributed by atoms with E-state index in [4.69, 9.17) is 5.73 Å². The number of anilines is 5. The molecule has 0 fully saturated rings. The molecule has 0 saturated carbocycles. The van der Waals surface area contributed by atoms with Gasteiger partial charge in [0, 0.05) is 37.6 Å². The molecular formula is C23H21N5O2S. The molecule has 4 rings (SSSR count). The molecule has 2 aromatic carbocycles. The molecule has 2 amide bonds. The SMILES string of the molecule is CC(=O)Nc1ccc(Nc2cc(N(C)c3cccc4ccsc34)c(C(N)=O)cn2)cc1. The lowest BCUT2D eigenvalue weighted by molar-refractivity contribution is -0.114. The molecule has 2 aromatic heterocycles. The first-order valence-corrected chi connectivity index (χ1v) is 10.4. The number of nitrogens with zero attached hydrogens (tertiary/aromatic N) is 2. The number of nitrogens with one attached hydrogen (secondary N) is 2. The molecule has 4 aromatic rings. The molecular weight excluding hydrogens is 410 g/mol. The minimum absolute atomic E-state index is 0.127. The van der Waals surface area contributed by atoms with Gasteiger partial charge in [0.15, 0.2) is 0 Å². The topological polar surface area (TPSA) is 100 Å². The maximum absolute atomic E-state index is 12.1. The molecule has 0 aliphatic heterocycles. The first kappa shape index (κ1) is 20.4. The Bertz CT molecular complexity index is 1270. The Kier molecular flexibility index (Phi) is 5.55. The van der Waals surface area contributed by atoms with Crippen molar-refractivity contribution in [2.24, 2.45) is 5.73 Å². The van der Waals surface area contributed by atoms with E-state index in [1.54, 1.807) is 29.5 Å². The highest BCUT2D eigenvalue weighted by molar-refractivity contribution is 7.17. The van der Waals surface area contributed by atoms with Crippen LogP contribution >= 0.6 is 11.3 Å². The normalized spacial score (nSPS) is 10.6. The molecule has 8 heteroatoms. The molecule has 0 atom stereocenters. The number of benzene rings is 2. The van der Waals surface area contributed by atoms with Crippen molar-refractivity contribution in [2.75, 3.05) is 22.6 Å². The number of carbonyl (C=O) groups is 2. The average Bonchev–Trinajstić information content (AvgIpc) is 3.23. The van der Waals surface area contributed by atoms with E-state index in [0.717, 1.165) is 21.5 Å². The summed E-state index contributed by atoms with van der Waals surface area (Å²) in [5.74, 6) is -0.103. The van der Waals surface area contributed by atoms with E-state index >= 15 is 0 Å². The van der Waals surface area contributed by atoms with Crippen molar-refractivity contribution < 1.29 is 9.59 Å². The van der Waals surface area contributed by atoms with Crippen LogP contribution in [0.1, 0.15) is 17.3 Å². The molecule has 4 N–H and O–H groups in total. The third-order valence-electron chi connectivity index (χ3n) is 4.81. The zero-order chi connectivity index (χ0) is 22.0. The number of carbonyl (C=O) groups excluding carboxylic acids is 2. The molecule has 0 aliphatic rings. The lowest BCUT2D eigenvalue weighted by atomic mass is 10.1. The van der Waals surface area contributed by atoms with Crippen molar-refractivity contribution in [3.63, 3.8) is 0 Å². The number of nitrogens with two attached hydrogens (primary N) is 1. The lowest BCUT2D eigenvalue weighted by Crippen LogP contribution is -2.19. The van der Waals surface area contributed by atoms with Crippen LogP contribution in [0.3, 0.4) is 0 Å². The number of thiophene rings is 1. The summed E-state index contributed by atoms with van der Waals surface area (Å²) >= 11 is 1.64. The van der Waals surface area contributed by atoms with Gasteiger partial charge in [-0.25, -0.2) is 4.98 Å². The molecule has 0 unspecified atom stereocenters. The lowest BCUT2D eigenvalue weighted by Gasteiger charge is -2.23. The van der Waals surface area contributed by atoms with Gasteiger partial charge in [-0.05, 0) is 47.2 Å². The molecule has 0 radical (unpaired) electrons. The van der Waals surface area contributed by atoms with Crippen molar-refractivity contribution in [3.8, 4) is 0 Å². The van der Waals surface area contributed by atoms with Crippen LogP contribution in [-0.4, -0.2) is 23.8 Å². The van der Waals surface area contributed by atoms with Gasteiger partial charge < -0.3 is 21.3 Å². The highest BCUT2D eigenvalue weighted by Crippen LogP contribution is 2.36. The fourth-order valence-corrected chi connectivity index (χ4v) is 4.29. The van der Waals surface area contributed by atoms with E-state index in [1.807, 2.05) is 41.6 Å². The summed E-state index contributed by atoms with van der Waals surface area (Å²) < 4.78 is 1.13. The standard InChI is InChI=1S/C23H21N5O2S/c1-14(29)26-16-6-8-17(9-7-16)27-21-12-20(18(13-25-21)23(24)30)28(2)19-5-3-4-15-10-11-31-22(15)19/h3-13H,1-2H3,(H2,24,30)(H,25,27)(H,26,29). The number of aromatic nitrogens is 1. The third kappa shape index (κ3) is 4.34. The van der Waals surface area contributed by atoms with Gasteiger partial charge in [0.1, 0.15) is 5.82 Å². The van der Waals surface area contributed by atoms with Gasteiger partial charge in [0.25, 0.3) is 5.91 Å². The molecule has 7 nitrogen and oxygen atoms in total. The van der Waals surface area contributed by atoms with Crippen molar-refractivity contribution >= 4 is 61.8 Å². The number of hydrogen-bond donors (Lipinski definition) is 3. The van der Waals surface area contributed by atoms with Crippen LogP contribution in [-0.2, 0) is 4.79 Å². The van der Waals surface area contributed by atoms with Gasteiger partial charge in [-0.2, -0.15) is 0 Å². The predicted molar refractivity (Wildman–Crippen MR) is 127 cm³/mol. The summed E-state index contributed by atoms with van der Waals surface area (Å²) in [6.07, 6.45) is 1.48. The molecule has 0 bridgehead atoms. The minimum atomic E-state index is -0.543. The van der Waals surface area contributed by atoms with Gasteiger partial charge in [-0.15, -0.1) is 11.3 Å². The molecule has 31 heavy (non-hydrogen) atoms. The summed E-state index contributed by atoms with van der Waals surface area (Å²) in [7, 11) is 1.91. The Morgan fingerprint density at radius 3 is 2.48 bits per heavy atom. The second-order valence-corrected chi connectivity index (χ2v) is 7.93. The van der Waals surface area contributed by atoms with Crippen molar-refractivity contribution in [1.82, 2.24) is 4.98 Å². The second-order valence-electron chi connectivity index (χ2n) is 7.01. The van der Waals surface area contributed by atoms with Crippen molar-refractivity contribution in [1.29, 1.82) is 0 Å². The first-order valence-electron chi connectivity index (χ1n) is 9.57. The van der Waals surface area contributed by atoms with E-state index in [2.05, 4.69) is 27.8 Å². The number of primary amides is 1. The van der Waals surface area contributed by atoms with Gasteiger partial charge in [-0.1, -0.05) is 12.1 Å². The summed E-state index contributed by atoms with van der Waals surface area (Å²) in [6, 6.07) is 17.2. The molecule has 0 saturated heterocycles. The third-order valence-corrected chi connectivity index (χ3v) is 5.76.